The summed E-state index contributed by atoms with van der Waals surface area (Å²) in [5.74, 6) is 0.870. The monoisotopic (exact) mass is 1300 g/mol. The molecule has 0 aliphatic carbocycles. The van der Waals surface area contributed by atoms with Gasteiger partial charge < -0.3 is 33.8 Å². The quantitative estimate of drug-likeness (QED) is 0.0222. The fourth-order valence-corrected chi connectivity index (χ4v) is 11.8. The fourth-order valence-electron chi connectivity index (χ4n) is 10.2. The first kappa shape index (κ1) is 86.1. The van der Waals surface area contributed by atoms with Crippen molar-refractivity contribution in [2.24, 2.45) is 23.7 Å². The minimum absolute atomic E-state index is 0.103. The van der Waals surface area contributed by atoms with E-state index < -0.39 is 97.5 Å². The van der Waals surface area contributed by atoms with Gasteiger partial charge in [0, 0.05) is 25.7 Å². The van der Waals surface area contributed by atoms with E-state index >= 15 is 0 Å². The molecular formula is C69H134O17P2. The van der Waals surface area contributed by atoms with Crippen molar-refractivity contribution in [3.05, 3.63) is 0 Å². The first-order chi connectivity index (χ1) is 42.2. The Bertz CT molecular complexity index is 1750. The van der Waals surface area contributed by atoms with Crippen molar-refractivity contribution in [1.82, 2.24) is 0 Å². The summed E-state index contributed by atoms with van der Waals surface area (Å²) in [7, 11) is -9.90. The number of phosphoric ester groups is 2. The minimum Gasteiger partial charge on any atom is -0.462 e. The third-order valence-electron chi connectivity index (χ3n) is 16.5. The van der Waals surface area contributed by atoms with Crippen LogP contribution in [0.15, 0.2) is 0 Å². The van der Waals surface area contributed by atoms with Crippen LogP contribution in [0, 0.1) is 23.7 Å². The van der Waals surface area contributed by atoms with E-state index in [-0.39, 0.29) is 25.7 Å². The summed E-state index contributed by atoms with van der Waals surface area (Å²) < 4.78 is 68.2. The number of esters is 4. The van der Waals surface area contributed by atoms with Gasteiger partial charge in [0.15, 0.2) is 12.2 Å². The molecule has 0 spiro atoms. The Morgan fingerprint density at radius 2 is 0.545 bits per heavy atom. The highest BCUT2D eigenvalue weighted by Crippen LogP contribution is 2.45. The van der Waals surface area contributed by atoms with Gasteiger partial charge in [0.2, 0.25) is 0 Å². The lowest BCUT2D eigenvalue weighted by Crippen LogP contribution is -2.30. The van der Waals surface area contributed by atoms with Crippen molar-refractivity contribution in [3.8, 4) is 0 Å². The van der Waals surface area contributed by atoms with Gasteiger partial charge in [0.05, 0.1) is 26.4 Å². The lowest BCUT2D eigenvalue weighted by molar-refractivity contribution is -0.161. The van der Waals surface area contributed by atoms with Crippen LogP contribution in [0.25, 0.3) is 0 Å². The molecule has 19 heteroatoms. The summed E-state index contributed by atoms with van der Waals surface area (Å²) in [6, 6.07) is 0. The van der Waals surface area contributed by atoms with Gasteiger partial charge in [-0.25, -0.2) is 9.13 Å². The highest BCUT2D eigenvalue weighted by atomic mass is 31.2. The molecule has 0 aliphatic rings. The first-order valence-electron chi connectivity index (χ1n) is 35.8. The Labute approximate surface area is 537 Å². The van der Waals surface area contributed by atoms with Crippen molar-refractivity contribution >= 4 is 39.5 Å². The van der Waals surface area contributed by atoms with Gasteiger partial charge in [-0.15, -0.1) is 0 Å². The number of phosphoric acid groups is 2. The normalized spacial score (nSPS) is 14.9. The zero-order valence-electron chi connectivity index (χ0n) is 57.3. The molecule has 0 saturated carbocycles. The number of rotatable bonds is 66. The second-order valence-electron chi connectivity index (χ2n) is 26.4. The molecule has 0 aromatic rings. The number of aliphatic hydroxyl groups is 1. The summed E-state index contributed by atoms with van der Waals surface area (Å²) in [5.41, 5.74) is 0. The third-order valence-corrected chi connectivity index (χ3v) is 18.4. The summed E-state index contributed by atoms with van der Waals surface area (Å²) in [4.78, 5) is 72.5. The molecule has 0 aromatic heterocycles. The van der Waals surface area contributed by atoms with E-state index in [1.54, 1.807) is 0 Å². The molecule has 0 rings (SSSR count). The van der Waals surface area contributed by atoms with Gasteiger partial charge in [-0.3, -0.25) is 37.3 Å². The molecule has 0 aromatic carbocycles. The van der Waals surface area contributed by atoms with E-state index in [2.05, 4.69) is 55.4 Å². The van der Waals surface area contributed by atoms with Gasteiger partial charge in [0.1, 0.15) is 19.3 Å². The Kier molecular flexibility index (Phi) is 57.6. The lowest BCUT2D eigenvalue weighted by Gasteiger charge is -2.21. The first-order valence-corrected chi connectivity index (χ1v) is 38.8. The molecule has 7 atom stereocenters. The molecule has 0 fully saturated rings. The molecule has 17 nitrogen and oxygen atoms in total. The molecule has 0 saturated heterocycles. The zero-order valence-corrected chi connectivity index (χ0v) is 59.1. The van der Waals surface area contributed by atoms with E-state index in [0.29, 0.717) is 31.6 Å². The van der Waals surface area contributed by atoms with E-state index in [9.17, 15) is 43.2 Å². The number of ether oxygens (including phenoxy) is 4. The smallest absolute Gasteiger partial charge is 0.462 e. The Balaban J connectivity index is 5.26. The molecule has 0 amide bonds. The van der Waals surface area contributed by atoms with Crippen molar-refractivity contribution in [1.29, 1.82) is 0 Å². The second-order valence-corrected chi connectivity index (χ2v) is 29.3. The number of hydrogen-bond acceptors (Lipinski definition) is 15. The number of aliphatic hydroxyl groups excluding tert-OH is 1. The van der Waals surface area contributed by atoms with Crippen LogP contribution in [-0.2, 0) is 65.4 Å². The molecule has 3 N–H and O–H groups in total. The van der Waals surface area contributed by atoms with Crippen LogP contribution in [0.2, 0.25) is 0 Å². The molecule has 522 valence electrons. The summed E-state index contributed by atoms with van der Waals surface area (Å²) in [6.45, 7) is 14.1. The largest absolute Gasteiger partial charge is 0.472 e. The topological polar surface area (TPSA) is 237 Å². The van der Waals surface area contributed by atoms with Crippen molar-refractivity contribution in [2.45, 2.75) is 356 Å². The standard InChI is InChI=1S/C69H134O17P2/c1-9-61(7)47-39-31-22-17-19-24-33-41-49-66(71)79-55-64(85-68(73)51-43-35-25-16-14-12-11-13-15-21-29-37-45-59(3)4)57-83-87(75,76)81-53-63(70)54-82-88(77,78)84-58-65(56-80-67(72)50-42-34-28-27-30-38-46-60(5)6)86-69(74)52-44-36-26-20-18-23-32-40-48-62(8)10-2/h59-65,70H,9-58H2,1-8H3,(H,75,76)(H,77,78)/t61?,62?,63-,64-,65-/m1/s1. The Morgan fingerprint density at radius 3 is 0.807 bits per heavy atom. The van der Waals surface area contributed by atoms with Gasteiger partial charge in [-0.1, -0.05) is 287 Å². The van der Waals surface area contributed by atoms with Crippen molar-refractivity contribution in [3.63, 3.8) is 0 Å². The highest BCUT2D eigenvalue weighted by Gasteiger charge is 2.30. The predicted molar refractivity (Wildman–Crippen MR) is 354 cm³/mol. The predicted octanol–water partition coefficient (Wildman–Crippen LogP) is 19.3. The van der Waals surface area contributed by atoms with Gasteiger partial charge in [-0.05, 0) is 49.4 Å². The molecule has 88 heavy (non-hydrogen) atoms. The van der Waals surface area contributed by atoms with Crippen molar-refractivity contribution in [2.75, 3.05) is 39.6 Å². The molecular weight excluding hydrogens is 1160 g/mol. The van der Waals surface area contributed by atoms with Gasteiger partial charge >= 0.3 is 39.5 Å². The maximum absolute atomic E-state index is 13.0. The van der Waals surface area contributed by atoms with Gasteiger partial charge in [-0.2, -0.15) is 0 Å². The van der Waals surface area contributed by atoms with Crippen molar-refractivity contribution < 1.29 is 80.2 Å². The summed E-state index contributed by atoms with van der Waals surface area (Å²) in [6.07, 6.45) is 40.3. The number of carbonyl (C=O) groups is 4. The molecule has 0 bridgehead atoms. The average Bonchev–Trinajstić information content (AvgIpc) is 3.47. The molecule has 4 unspecified atom stereocenters. The Morgan fingerprint density at radius 1 is 0.318 bits per heavy atom. The van der Waals surface area contributed by atoms with Crippen LogP contribution in [0.4, 0.5) is 0 Å². The SMILES string of the molecule is CCC(C)CCCCCCCCCCC(=O)OC[C@H](COP(=O)(O)OC[C@@H](O)COP(=O)(O)OC[C@@H](COC(=O)CCCCCCCCC(C)C)OC(=O)CCCCCCCCCCC(C)CC)OC(=O)CCCCCCCCCCCCCCC(C)C. The van der Waals surface area contributed by atoms with Crippen LogP contribution in [0.3, 0.4) is 0 Å². The number of hydrogen-bond donors (Lipinski definition) is 3. The van der Waals surface area contributed by atoms with E-state index in [1.165, 1.54) is 135 Å². The maximum Gasteiger partial charge on any atom is 0.472 e. The highest BCUT2D eigenvalue weighted by molar-refractivity contribution is 7.47. The molecule has 0 heterocycles. The van der Waals surface area contributed by atoms with Crippen LogP contribution < -0.4 is 0 Å². The minimum atomic E-state index is -4.95. The maximum atomic E-state index is 13.0. The van der Waals surface area contributed by atoms with Crippen LogP contribution in [0.5, 0.6) is 0 Å². The van der Waals surface area contributed by atoms with Crippen LogP contribution >= 0.6 is 15.6 Å². The zero-order chi connectivity index (χ0) is 65.4. The number of unbranched alkanes of at least 4 members (excludes halogenated alkanes) is 30. The fraction of sp³-hybridized carbons (Fsp3) is 0.942. The Hall–Kier alpha value is -1.94. The van der Waals surface area contributed by atoms with E-state index in [4.69, 9.17) is 37.0 Å². The van der Waals surface area contributed by atoms with E-state index in [0.717, 1.165) is 114 Å². The molecule has 0 aliphatic heterocycles. The second kappa shape index (κ2) is 58.8. The summed E-state index contributed by atoms with van der Waals surface area (Å²) >= 11 is 0. The molecule has 0 radical (unpaired) electrons. The van der Waals surface area contributed by atoms with Gasteiger partial charge in [0.25, 0.3) is 0 Å². The lowest BCUT2D eigenvalue weighted by atomic mass is 9.99. The number of carbonyl (C=O) groups excluding carboxylic acids is 4. The van der Waals surface area contributed by atoms with Crippen LogP contribution in [-0.4, -0.2) is 96.7 Å². The van der Waals surface area contributed by atoms with Crippen LogP contribution in [0.1, 0.15) is 338 Å². The third kappa shape index (κ3) is 60.3. The summed E-state index contributed by atoms with van der Waals surface area (Å²) in [5, 5.41) is 10.6. The van der Waals surface area contributed by atoms with E-state index in [1.807, 2.05) is 0 Å². The average molecular weight is 1300 g/mol.